The summed E-state index contributed by atoms with van der Waals surface area (Å²) in [5, 5.41) is 31.4. The Bertz CT molecular complexity index is 2120. The van der Waals surface area contributed by atoms with E-state index >= 15 is 0 Å². The second kappa shape index (κ2) is 23.2. The molecule has 63 heavy (non-hydrogen) atoms. The van der Waals surface area contributed by atoms with Crippen LogP contribution in [0.4, 0.5) is 0 Å². The number of phenols is 1. The fourth-order valence-electron chi connectivity index (χ4n) is 10.7. The molecule has 2 fully saturated rings. The number of dihydropyridines is 1. The molecule has 0 amide bonds. The van der Waals surface area contributed by atoms with Gasteiger partial charge in [0.2, 0.25) is 0 Å². The van der Waals surface area contributed by atoms with Crippen molar-refractivity contribution in [2.75, 3.05) is 33.4 Å². The van der Waals surface area contributed by atoms with Crippen LogP contribution in [0.1, 0.15) is 98.4 Å². The van der Waals surface area contributed by atoms with Gasteiger partial charge in [-0.2, -0.15) is 0 Å². The van der Waals surface area contributed by atoms with Crippen LogP contribution in [0.25, 0.3) is 6.08 Å². The van der Waals surface area contributed by atoms with Crippen molar-refractivity contribution >= 4 is 17.6 Å². The quantitative estimate of drug-likeness (QED) is 0.0336. The van der Waals surface area contributed by atoms with Crippen LogP contribution in [-0.4, -0.2) is 67.3 Å². The topological polar surface area (TPSA) is 146 Å². The van der Waals surface area contributed by atoms with Crippen molar-refractivity contribution in [1.29, 1.82) is 0 Å². The number of benzene rings is 3. The number of ketones is 2. The Morgan fingerprint density at radius 2 is 1.70 bits per heavy atom. The number of methoxy groups -OCH3 is 1. The zero-order chi connectivity index (χ0) is 44.0. The summed E-state index contributed by atoms with van der Waals surface area (Å²) in [7, 11) is 1.51. The Labute approximate surface area is 375 Å². The highest BCUT2D eigenvalue weighted by atomic mass is 16.5. The van der Waals surface area contributed by atoms with Gasteiger partial charge < -0.3 is 36.6 Å². The second-order valence-corrected chi connectivity index (χ2v) is 18.4. The molecule has 0 radical (unpaired) electrons. The highest BCUT2D eigenvalue weighted by Gasteiger charge is 2.42. The normalized spacial score (nSPS) is 22.5. The number of carbonyl (C=O) groups excluding carboxylic acids is 2. The fraction of sp³-hybridized carbons (Fsp3) is 0.481. The number of piperidine rings is 2. The van der Waals surface area contributed by atoms with Crippen LogP contribution in [0.3, 0.4) is 0 Å². The van der Waals surface area contributed by atoms with Gasteiger partial charge in [0.05, 0.1) is 19.7 Å². The van der Waals surface area contributed by atoms with E-state index in [1.54, 1.807) is 23.8 Å². The predicted molar refractivity (Wildman–Crippen MR) is 253 cm³/mol. The van der Waals surface area contributed by atoms with Crippen molar-refractivity contribution < 1.29 is 24.5 Å². The summed E-state index contributed by atoms with van der Waals surface area (Å²) in [5.41, 5.74) is 15.6. The van der Waals surface area contributed by atoms with E-state index in [0.29, 0.717) is 48.3 Å². The van der Waals surface area contributed by atoms with Gasteiger partial charge in [0, 0.05) is 31.8 Å². The number of fused-ring (bicyclic) bond motifs is 2. The van der Waals surface area contributed by atoms with Crippen molar-refractivity contribution in [1.82, 2.24) is 16.0 Å². The number of aryl methyl sites for hydroxylation is 3. The molecule has 0 aromatic heterocycles. The maximum absolute atomic E-state index is 13.3. The van der Waals surface area contributed by atoms with Crippen LogP contribution in [0, 0.1) is 23.7 Å². The number of Topliss-reactive ketones (excluding diaryl/α,β-unsaturated/α-hetero) is 1. The number of nitrogens with two attached hydrogens (primary N) is 1. The van der Waals surface area contributed by atoms with Gasteiger partial charge in [-0.05, 0) is 177 Å². The number of nitrogens with one attached hydrogen (secondary N) is 3. The van der Waals surface area contributed by atoms with Crippen molar-refractivity contribution in [2.45, 2.75) is 109 Å². The number of phenolic OH excluding ortho intramolecular Hbond substituents is 1. The molecule has 1 aliphatic carbocycles. The zero-order valence-corrected chi connectivity index (χ0v) is 37.3. The summed E-state index contributed by atoms with van der Waals surface area (Å²) >= 11 is 0. The highest BCUT2D eigenvalue weighted by molar-refractivity contribution is 6.06. The third-order valence-corrected chi connectivity index (χ3v) is 13.9. The minimum atomic E-state index is -0.301. The van der Waals surface area contributed by atoms with Crippen molar-refractivity contribution in [2.24, 2.45) is 29.4 Å². The van der Waals surface area contributed by atoms with Gasteiger partial charge in [0.1, 0.15) is 5.78 Å². The van der Waals surface area contributed by atoms with Crippen LogP contribution < -0.4 is 26.4 Å². The number of aliphatic hydroxyl groups is 1. The van der Waals surface area contributed by atoms with Crippen LogP contribution in [0.15, 0.2) is 108 Å². The number of hydrogen-bond acceptors (Lipinski definition) is 9. The molecule has 3 aromatic rings. The van der Waals surface area contributed by atoms with Gasteiger partial charge >= 0.3 is 0 Å². The summed E-state index contributed by atoms with van der Waals surface area (Å²) in [6.07, 6.45) is 22.0. The zero-order valence-electron chi connectivity index (χ0n) is 37.3. The van der Waals surface area contributed by atoms with Gasteiger partial charge in [-0.25, -0.2) is 0 Å². The highest BCUT2D eigenvalue weighted by Crippen LogP contribution is 2.44. The molecular weight excluding hydrogens is 785 g/mol. The summed E-state index contributed by atoms with van der Waals surface area (Å²) < 4.78 is 5.46. The lowest BCUT2D eigenvalue weighted by atomic mass is 9.63. The van der Waals surface area contributed by atoms with Gasteiger partial charge in [-0.1, -0.05) is 78.7 Å². The average molecular weight is 855 g/mol. The molecule has 336 valence electrons. The summed E-state index contributed by atoms with van der Waals surface area (Å²) in [5.74, 6) is 2.33. The Balaban J connectivity index is 0.941. The monoisotopic (exact) mass is 855 g/mol. The summed E-state index contributed by atoms with van der Waals surface area (Å²) in [6.45, 7) is 3.39. The van der Waals surface area contributed by atoms with E-state index in [4.69, 9.17) is 10.5 Å². The Kier molecular flexibility index (Phi) is 17.0. The molecule has 6 unspecified atom stereocenters. The molecule has 0 saturated carbocycles. The van der Waals surface area contributed by atoms with Crippen molar-refractivity contribution in [3.8, 4) is 11.5 Å². The minimum absolute atomic E-state index is 0.0216. The number of hydrogen-bond donors (Lipinski definition) is 6. The van der Waals surface area contributed by atoms with Gasteiger partial charge in [-0.15, -0.1) is 0 Å². The number of aliphatic hydroxyl groups excluding tert-OH is 1. The van der Waals surface area contributed by atoms with Crippen LogP contribution in [0.5, 0.6) is 11.5 Å². The molecule has 9 heteroatoms. The van der Waals surface area contributed by atoms with Crippen LogP contribution >= 0.6 is 0 Å². The number of rotatable bonds is 22. The molecular formula is C54H70N4O5. The van der Waals surface area contributed by atoms with Gasteiger partial charge in [0.25, 0.3) is 0 Å². The molecule has 6 atom stereocenters. The number of allylic oxidation sites excluding steroid dienone is 3. The van der Waals surface area contributed by atoms with Crippen molar-refractivity contribution in [3.63, 3.8) is 0 Å². The fourth-order valence-corrected chi connectivity index (χ4v) is 10.7. The molecule has 3 aromatic carbocycles. The van der Waals surface area contributed by atoms with Crippen LogP contribution in [0.2, 0.25) is 0 Å². The van der Waals surface area contributed by atoms with E-state index in [2.05, 4.69) is 82.7 Å². The first-order valence-electron chi connectivity index (χ1n) is 23.7. The maximum Gasteiger partial charge on any atom is 0.163 e. The third kappa shape index (κ3) is 13.1. The third-order valence-electron chi connectivity index (χ3n) is 13.9. The number of aromatic hydroxyl groups is 1. The standard InChI is InChI=1S/C54H70N4O5/c1-63-52-32-41(44(31-51(52)62)30-45-36-58-53(55)33-42(45)20-19-40-12-5-11-39(27-40)18-17-37-9-3-2-4-10-37)21-22-48(61)34-47(60)16-6-13-38(14-8-26-59)28-50-49-23-25-56-35-46(49)29-43-15-7-24-57-54(43)50/h2-5,9-12,21-22,27,29,31-33,36,38,46,49-50,53-54,56-59,62H,6-8,13-20,23-26,28,30,34-35,55H2,1H3. The summed E-state index contributed by atoms with van der Waals surface area (Å²) in [6, 6.07) is 23.3. The van der Waals surface area contributed by atoms with E-state index < -0.39 is 0 Å². The largest absolute Gasteiger partial charge is 0.504 e. The Morgan fingerprint density at radius 3 is 2.51 bits per heavy atom. The minimum Gasteiger partial charge on any atom is -0.504 e. The molecule has 7 N–H and O–H groups in total. The van der Waals surface area contributed by atoms with E-state index in [0.717, 1.165) is 99.7 Å². The van der Waals surface area contributed by atoms with E-state index in [-0.39, 0.29) is 36.5 Å². The first-order valence-corrected chi connectivity index (χ1v) is 23.7. The lowest BCUT2D eigenvalue weighted by Gasteiger charge is -2.48. The Hall–Kier alpha value is -4.80. The lowest BCUT2D eigenvalue weighted by molar-refractivity contribution is -0.124. The molecule has 0 spiro atoms. The first kappa shape index (κ1) is 46.2. The van der Waals surface area contributed by atoms with Gasteiger partial charge in [-0.3, -0.25) is 9.59 Å². The summed E-state index contributed by atoms with van der Waals surface area (Å²) in [4.78, 5) is 26.5. The molecule has 3 heterocycles. The Morgan fingerprint density at radius 1 is 0.921 bits per heavy atom. The second-order valence-electron chi connectivity index (χ2n) is 18.4. The van der Waals surface area contributed by atoms with E-state index in [9.17, 15) is 19.8 Å². The molecule has 9 nitrogen and oxygen atoms in total. The SMILES string of the molecule is COc1cc(C=CC(=O)CC(=O)CCCC(CCCO)CC2C3NCCCC3=CC3CNCCC32)c(CC2=CNC(N)C=C2CCc2cccc(CCc3ccccc3)c2)cc1O. The molecule has 7 rings (SSSR count). The first-order chi connectivity index (χ1) is 30.8. The number of ether oxygens (including phenoxy) is 1. The maximum atomic E-state index is 13.3. The lowest BCUT2D eigenvalue weighted by Crippen LogP contribution is -2.52. The molecule has 3 aliphatic heterocycles. The smallest absolute Gasteiger partial charge is 0.163 e. The van der Waals surface area contributed by atoms with E-state index in [1.807, 2.05) is 6.20 Å². The number of carbonyl (C=O) groups is 2. The molecule has 4 aliphatic rings. The molecule has 2 saturated heterocycles. The molecule has 0 bridgehead atoms. The van der Waals surface area contributed by atoms with Crippen molar-refractivity contribution in [3.05, 3.63) is 136 Å². The average Bonchev–Trinajstić information content (AvgIpc) is 3.30. The van der Waals surface area contributed by atoms with Gasteiger partial charge in [0.15, 0.2) is 17.3 Å². The predicted octanol–water partition coefficient (Wildman–Crippen LogP) is 8.08. The van der Waals surface area contributed by atoms with Crippen LogP contribution in [-0.2, 0) is 35.3 Å². The van der Waals surface area contributed by atoms with E-state index in [1.165, 1.54) is 49.1 Å².